The van der Waals surface area contributed by atoms with E-state index in [0.29, 0.717) is 22.9 Å². The summed E-state index contributed by atoms with van der Waals surface area (Å²) in [5.41, 5.74) is 5.62. The predicted molar refractivity (Wildman–Crippen MR) is 80.1 cm³/mol. The maximum Gasteiger partial charge on any atom is 0.418 e. The molecule has 25 heavy (non-hydrogen) atoms. The molecule has 0 aromatic rings. The average molecular weight is 377 g/mol. The van der Waals surface area contributed by atoms with E-state index in [0.717, 1.165) is 4.90 Å². The summed E-state index contributed by atoms with van der Waals surface area (Å²) < 4.78 is 34.7. The highest BCUT2D eigenvalue weighted by Crippen LogP contribution is 2.32. The van der Waals surface area contributed by atoms with Crippen LogP contribution >= 0.6 is 0 Å². The van der Waals surface area contributed by atoms with E-state index in [4.69, 9.17) is 16.1 Å². The Labute approximate surface area is 143 Å². The Morgan fingerprint density at radius 2 is 1.88 bits per heavy atom. The molecule has 3 aliphatic rings. The van der Waals surface area contributed by atoms with E-state index in [2.05, 4.69) is 4.28 Å². The molecule has 2 bridgehead atoms. The average Bonchev–Trinajstić information content (AvgIpc) is 2.74. The SMILES string of the molecule is NC1CC(C(=O)N(N)C(=O)[C@@H]2CC[C@@H]3CN2C(=O)N3OS(=O)(=O)O)C1. The number of urea groups is 1. The van der Waals surface area contributed by atoms with Crippen molar-refractivity contribution in [2.75, 3.05) is 6.54 Å². The van der Waals surface area contributed by atoms with Crippen LogP contribution in [-0.4, -0.2) is 70.5 Å². The van der Waals surface area contributed by atoms with Gasteiger partial charge in [-0.05, 0) is 25.7 Å². The van der Waals surface area contributed by atoms with Crippen LogP contribution in [0.4, 0.5) is 4.79 Å². The van der Waals surface area contributed by atoms with Crippen molar-refractivity contribution in [3.63, 3.8) is 0 Å². The second kappa shape index (κ2) is 6.17. The van der Waals surface area contributed by atoms with E-state index >= 15 is 0 Å². The van der Waals surface area contributed by atoms with Crippen molar-refractivity contribution in [1.29, 1.82) is 0 Å². The summed E-state index contributed by atoms with van der Waals surface area (Å²) in [4.78, 5) is 38.0. The van der Waals surface area contributed by atoms with E-state index in [1.165, 1.54) is 0 Å². The van der Waals surface area contributed by atoms with Crippen molar-refractivity contribution in [2.24, 2.45) is 17.5 Å². The van der Waals surface area contributed by atoms with Crippen LogP contribution in [0.2, 0.25) is 0 Å². The van der Waals surface area contributed by atoms with Crippen LogP contribution in [0.15, 0.2) is 0 Å². The van der Waals surface area contributed by atoms with E-state index in [9.17, 15) is 22.8 Å². The van der Waals surface area contributed by atoms with Gasteiger partial charge in [0.1, 0.15) is 6.04 Å². The summed E-state index contributed by atoms with van der Waals surface area (Å²) in [5.74, 6) is 3.93. The monoisotopic (exact) mass is 377 g/mol. The van der Waals surface area contributed by atoms with Crippen molar-refractivity contribution in [3.8, 4) is 0 Å². The molecule has 13 heteroatoms. The van der Waals surface area contributed by atoms with Gasteiger partial charge < -0.3 is 10.6 Å². The zero-order valence-electron chi connectivity index (χ0n) is 13.1. The summed E-state index contributed by atoms with van der Waals surface area (Å²) in [6, 6.07) is -2.59. The first kappa shape index (κ1) is 18.0. The molecule has 140 valence electrons. The molecular formula is C12H19N5O7S. The number of imide groups is 1. The molecule has 1 aliphatic carbocycles. The van der Waals surface area contributed by atoms with E-state index in [1.807, 2.05) is 0 Å². The lowest BCUT2D eigenvalue weighted by Crippen LogP contribution is -2.58. The summed E-state index contributed by atoms with van der Waals surface area (Å²) in [7, 11) is -4.87. The number of amides is 4. The number of fused-ring (bicyclic) bond motifs is 2. The first-order valence-corrected chi connectivity index (χ1v) is 9.10. The molecule has 0 radical (unpaired) electrons. The zero-order valence-corrected chi connectivity index (χ0v) is 14.0. The van der Waals surface area contributed by atoms with Crippen LogP contribution in [-0.2, 0) is 24.3 Å². The van der Waals surface area contributed by atoms with Gasteiger partial charge >= 0.3 is 16.4 Å². The molecule has 2 aliphatic heterocycles. The van der Waals surface area contributed by atoms with Crippen molar-refractivity contribution < 1.29 is 31.6 Å². The van der Waals surface area contributed by atoms with Crippen LogP contribution in [0.5, 0.6) is 0 Å². The molecule has 5 N–H and O–H groups in total. The Kier molecular flexibility index (Phi) is 4.45. The standard InChI is InChI=1S/C12H19N5O7S/c13-7-3-6(4-7)10(18)16(14)11(19)9-2-1-8-5-15(9)12(20)17(8)24-25(21,22)23/h6-9H,1-5,13-14H2,(H,21,22,23)/t6?,7?,8-,9+/m1/s1. The van der Waals surface area contributed by atoms with Crippen LogP contribution in [0.3, 0.4) is 0 Å². The molecule has 3 rings (SSSR count). The molecule has 12 nitrogen and oxygen atoms in total. The molecule has 2 heterocycles. The van der Waals surface area contributed by atoms with Crippen LogP contribution < -0.4 is 11.6 Å². The van der Waals surface area contributed by atoms with Gasteiger partial charge in [-0.3, -0.25) is 14.1 Å². The minimum absolute atomic E-state index is 0.0289. The van der Waals surface area contributed by atoms with Crippen LogP contribution in [0, 0.1) is 5.92 Å². The van der Waals surface area contributed by atoms with Crippen molar-refractivity contribution in [2.45, 2.75) is 43.8 Å². The molecule has 3 fully saturated rings. The van der Waals surface area contributed by atoms with Crippen molar-refractivity contribution in [1.82, 2.24) is 15.0 Å². The lowest BCUT2D eigenvalue weighted by molar-refractivity contribution is -0.152. The lowest BCUT2D eigenvalue weighted by Gasteiger charge is -2.36. The first-order chi connectivity index (χ1) is 11.6. The smallest absolute Gasteiger partial charge is 0.328 e. The third kappa shape index (κ3) is 3.32. The molecule has 2 atom stereocenters. The summed E-state index contributed by atoms with van der Waals surface area (Å²) in [6.07, 6.45) is 1.34. The second-order valence-corrected chi connectivity index (χ2v) is 7.49. The summed E-state index contributed by atoms with van der Waals surface area (Å²) in [6.45, 7) is 0.0289. The number of hydrazine groups is 1. The Morgan fingerprint density at radius 1 is 1.24 bits per heavy atom. The first-order valence-electron chi connectivity index (χ1n) is 7.73. The van der Waals surface area contributed by atoms with Gasteiger partial charge in [-0.25, -0.2) is 15.6 Å². The van der Waals surface area contributed by atoms with Crippen LogP contribution in [0.25, 0.3) is 0 Å². The predicted octanol–water partition coefficient (Wildman–Crippen LogP) is -2.04. The van der Waals surface area contributed by atoms with Gasteiger partial charge in [0.2, 0.25) is 5.91 Å². The summed E-state index contributed by atoms with van der Waals surface area (Å²) >= 11 is 0. The van der Waals surface area contributed by atoms with Gasteiger partial charge in [-0.2, -0.15) is 13.5 Å². The highest BCUT2D eigenvalue weighted by Gasteiger charge is 2.51. The number of hydrogen-bond donors (Lipinski definition) is 3. The van der Waals surface area contributed by atoms with E-state index < -0.39 is 46.2 Å². The zero-order chi connectivity index (χ0) is 18.5. The minimum Gasteiger partial charge on any atom is -0.328 e. The minimum atomic E-state index is -4.87. The van der Waals surface area contributed by atoms with E-state index in [-0.39, 0.29) is 25.4 Å². The van der Waals surface area contributed by atoms with Crippen LogP contribution in [0.1, 0.15) is 25.7 Å². The highest BCUT2D eigenvalue weighted by atomic mass is 32.3. The third-order valence-corrected chi connectivity index (χ3v) is 5.13. The molecule has 0 spiro atoms. The van der Waals surface area contributed by atoms with Gasteiger partial charge in [-0.15, -0.1) is 4.28 Å². The van der Waals surface area contributed by atoms with Gasteiger partial charge in [0, 0.05) is 18.5 Å². The molecule has 4 amide bonds. The number of carbonyl (C=O) groups is 3. The highest BCUT2D eigenvalue weighted by molar-refractivity contribution is 7.80. The Bertz CT molecular complexity index is 707. The number of piperidine rings is 1. The quantitative estimate of drug-likeness (QED) is 0.164. The number of hydroxylamine groups is 2. The Balaban J connectivity index is 1.69. The number of rotatable bonds is 4. The lowest BCUT2D eigenvalue weighted by atomic mass is 9.80. The Hall–Kier alpha value is -1.80. The van der Waals surface area contributed by atoms with Gasteiger partial charge in [0.25, 0.3) is 5.91 Å². The molecule has 1 saturated carbocycles. The molecule has 0 aromatic carbocycles. The molecule has 2 saturated heterocycles. The fraction of sp³-hybridized carbons (Fsp3) is 0.750. The number of nitrogens with two attached hydrogens (primary N) is 2. The maximum absolute atomic E-state index is 12.5. The van der Waals surface area contributed by atoms with Gasteiger partial charge in [0.15, 0.2) is 0 Å². The van der Waals surface area contributed by atoms with Crippen molar-refractivity contribution in [3.05, 3.63) is 0 Å². The topological polar surface area (TPSA) is 177 Å². The molecule has 0 aromatic heterocycles. The number of hydrogen-bond acceptors (Lipinski definition) is 8. The van der Waals surface area contributed by atoms with Gasteiger partial charge in [-0.1, -0.05) is 0 Å². The number of carbonyl (C=O) groups excluding carboxylic acids is 3. The number of nitrogens with zero attached hydrogens (tertiary/aromatic N) is 3. The summed E-state index contributed by atoms with van der Waals surface area (Å²) in [5, 5.41) is 1.04. The van der Waals surface area contributed by atoms with Crippen molar-refractivity contribution >= 4 is 28.2 Å². The van der Waals surface area contributed by atoms with Gasteiger partial charge in [0.05, 0.1) is 6.04 Å². The largest absolute Gasteiger partial charge is 0.418 e. The fourth-order valence-corrected chi connectivity index (χ4v) is 3.81. The second-order valence-electron chi connectivity index (χ2n) is 6.48. The Morgan fingerprint density at radius 3 is 2.44 bits per heavy atom. The fourth-order valence-electron chi connectivity index (χ4n) is 3.42. The normalized spacial score (nSPS) is 31.7. The van der Waals surface area contributed by atoms with E-state index in [1.54, 1.807) is 0 Å². The molecule has 0 unspecified atom stereocenters. The third-order valence-electron chi connectivity index (χ3n) is 4.78. The molecular weight excluding hydrogens is 358 g/mol. The maximum atomic E-state index is 12.5.